The number of carbonyl (C=O) groups is 12. The number of aliphatic hydroxyl groups is 1. The SMILES string of the molecule is CC[C@H](C)[C@H](NC(=O)[C@H](C)NC(=O)CNC(=O)[C@H](C)NC(=O)[C@H](CC(N)=O)NC(=O)[C@H](CO)NC(=O)CN)C(=O)N[C@H](C(=O)NCC(=O)N[C@@H](CC(C)C)C(=O)N[C@@H](CCSC)C(=O)O)[C@@H](C)CC. The van der Waals surface area contributed by atoms with Gasteiger partial charge in [0, 0.05) is 0 Å². The molecule has 0 rings (SSSR count). The van der Waals surface area contributed by atoms with Gasteiger partial charge in [-0.05, 0) is 56.5 Å². The Kier molecular flexibility index (Phi) is 29.7. The number of aliphatic carboxylic acids is 1. The second kappa shape index (κ2) is 32.6. The average Bonchev–Trinajstić information content (AvgIpc) is 3.29. The summed E-state index contributed by atoms with van der Waals surface area (Å²) in [6, 6.07) is -10.4. The van der Waals surface area contributed by atoms with Gasteiger partial charge in [-0.1, -0.05) is 54.4 Å². The van der Waals surface area contributed by atoms with E-state index in [9.17, 15) is 67.7 Å². The zero-order valence-corrected chi connectivity index (χ0v) is 41.6. The van der Waals surface area contributed by atoms with E-state index in [0.29, 0.717) is 18.6 Å². The minimum Gasteiger partial charge on any atom is -0.480 e. The molecular formula is C42H74N12O14S. The van der Waals surface area contributed by atoms with E-state index in [1.807, 2.05) is 13.8 Å². The van der Waals surface area contributed by atoms with Crippen molar-refractivity contribution < 1.29 is 67.7 Å². The van der Waals surface area contributed by atoms with Crippen molar-refractivity contribution in [2.45, 2.75) is 136 Å². The normalized spacial score (nSPS) is 15.3. The smallest absolute Gasteiger partial charge is 0.326 e. The van der Waals surface area contributed by atoms with E-state index in [1.165, 1.54) is 25.6 Å². The minimum atomic E-state index is -1.64. The number of carboxylic acids is 1. The van der Waals surface area contributed by atoms with E-state index in [1.54, 1.807) is 34.0 Å². The molecule has 0 saturated carbocycles. The van der Waals surface area contributed by atoms with Gasteiger partial charge in [-0.3, -0.25) is 52.7 Å². The highest BCUT2D eigenvalue weighted by Crippen LogP contribution is 2.13. The Bertz CT molecular complexity index is 1810. The van der Waals surface area contributed by atoms with Crippen molar-refractivity contribution in [3.63, 3.8) is 0 Å². The van der Waals surface area contributed by atoms with Gasteiger partial charge in [-0.15, -0.1) is 0 Å². The van der Waals surface area contributed by atoms with Gasteiger partial charge in [-0.25, -0.2) is 4.79 Å². The molecule has 0 aliphatic rings. The van der Waals surface area contributed by atoms with Gasteiger partial charge in [0.05, 0.1) is 32.7 Å². The zero-order valence-electron chi connectivity index (χ0n) is 40.8. The lowest BCUT2D eigenvalue weighted by molar-refractivity contribution is -0.142. The molecule has 0 aliphatic heterocycles. The molecule has 0 aromatic rings. The standard InChI is InChI=1S/C42H74N12O14S/c1-10-21(5)33(40(65)46-18-32(59)49-26(14-20(3)4)38(63)51-25(42(67)68)12-13-69-9)54-41(66)34(22(6)11-2)53-36(61)24(8)47-31(58)17-45-35(60)23(7)48-37(62)27(15-29(44)56)52-39(64)28(19-55)50-30(57)16-43/h20-28,33-34,55H,10-19,43H2,1-9H3,(H2,44,56)(H,45,60)(H,46,65)(H,47,58)(H,48,62)(H,49,59)(H,50,57)(H,51,63)(H,52,64)(H,53,61)(H,54,66)(H,67,68)/t21-,22-,23-,24-,25-,26-,27-,28-,33-,34-/m0/s1. The van der Waals surface area contributed by atoms with E-state index in [2.05, 4.69) is 53.2 Å². The first-order valence-corrected chi connectivity index (χ1v) is 23.9. The maximum absolute atomic E-state index is 13.8. The van der Waals surface area contributed by atoms with Crippen LogP contribution in [0, 0.1) is 17.8 Å². The fourth-order valence-electron chi connectivity index (χ4n) is 6.10. The Balaban J connectivity index is 5.65. The Morgan fingerprint density at radius 3 is 1.49 bits per heavy atom. The Morgan fingerprint density at radius 1 is 0.536 bits per heavy atom. The largest absolute Gasteiger partial charge is 0.480 e. The van der Waals surface area contributed by atoms with Gasteiger partial charge in [0.15, 0.2) is 0 Å². The van der Waals surface area contributed by atoms with Crippen LogP contribution in [-0.4, -0.2) is 168 Å². The summed E-state index contributed by atoms with van der Waals surface area (Å²) in [5.74, 6) is -11.2. The van der Waals surface area contributed by atoms with Crippen LogP contribution in [-0.2, 0) is 57.5 Å². The molecule has 0 bridgehead atoms. The van der Waals surface area contributed by atoms with Crippen LogP contribution in [0.5, 0.6) is 0 Å². The molecule has 0 saturated heterocycles. The number of thioether (sulfide) groups is 1. The minimum absolute atomic E-state index is 0.0732. The third kappa shape index (κ3) is 24.2. The second-order valence-corrected chi connectivity index (χ2v) is 17.9. The van der Waals surface area contributed by atoms with E-state index >= 15 is 0 Å². The molecule has 0 unspecified atom stereocenters. The number of carbonyl (C=O) groups excluding carboxylic acids is 11. The molecule has 10 atom stereocenters. The number of nitrogens with one attached hydrogen (secondary N) is 10. The lowest BCUT2D eigenvalue weighted by Gasteiger charge is -2.29. The molecule has 0 aliphatic carbocycles. The van der Waals surface area contributed by atoms with Crippen LogP contribution in [0.4, 0.5) is 0 Å². The fourth-order valence-corrected chi connectivity index (χ4v) is 6.58. The first-order chi connectivity index (χ1) is 32.3. The van der Waals surface area contributed by atoms with Crippen molar-refractivity contribution in [2.24, 2.45) is 29.2 Å². The van der Waals surface area contributed by atoms with Crippen LogP contribution in [0.2, 0.25) is 0 Å². The highest BCUT2D eigenvalue weighted by Gasteiger charge is 2.35. The average molecular weight is 1000 g/mol. The van der Waals surface area contributed by atoms with Crippen LogP contribution in [0.25, 0.3) is 0 Å². The highest BCUT2D eigenvalue weighted by atomic mass is 32.2. The number of hydrogen-bond donors (Lipinski definition) is 14. The molecular weight excluding hydrogens is 929 g/mol. The van der Waals surface area contributed by atoms with Crippen molar-refractivity contribution in [3.05, 3.63) is 0 Å². The monoisotopic (exact) mass is 1000 g/mol. The summed E-state index contributed by atoms with van der Waals surface area (Å²) in [6.07, 6.45) is 2.21. The molecule has 0 spiro atoms. The van der Waals surface area contributed by atoms with Crippen molar-refractivity contribution >= 4 is 82.7 Å². The lowest BCUT2D eigenvalue weighted by atomic mass is 9.94. The first kappa shape index (κ1) is 62.9. The molecule has 27 heteroatoms. The molecule has 392 valence electrons. The van der Waals surface area contributed by atoms with E-state index in [4.69, 9.17) is 11.5 Å². The summed E-state index contributed by atoms with van der Waals surface area (Å²) in [4.78, 5) is 153. The van der Waals surface area contributed by atoms with Crippen molar-refractivity contribution in [2.75, 3.05) is 38.2 Å². The van der Waals surface area contributed by atoms with Crippen LogP contribution in [0.15, 0.2) is 0 Å². The Morgan fingerprint density at radius 2 is 1.00 bits per heavy atom. The summed E-state index contributed by atoms with van der Waals surface area (Å²) in [6.45, 7) is 10.4. The van der Waals surface area contributed by atoms with E-state index in [0.717, 1.165) is 0 Å². The third-order valence-electron chi connectivity index (χ3n) is 10.6. The summed E-state index contributed by atoms with van der Waals surface area (Å²) in [7, 11) is 0. The van der Waals surface area contributed by atoms with Crippen LogP contribution in [0.3, 0.4) is 0 Å². The summed E-state index contributed by atoms with van der Waals surface area (Å²) in [5, 5.41) is 43.0. The van der Waals surface area contributed by atoms with Crippen LogP contribution < -0.4 is 64.6 Å². The molecule has 0 radical (unpaired) electrons. The summed E-state index contributed by atoms with van der Waals surface area (Å²) in [5.41, 5.74) is 10.4. The van der Waals surface area contributed by atoms with Gasteiger partial charge >= 0.3 is 5.97 Å². The maximum atomic E-state index is 13.8. The van der Waals surface area contributed by atoms with Gasteiger partial charge in [0.2, 0.25) is 65.0 Å². The number of hydrogen-bond acceptors (Lipinski definition) is 15. The van der Waals surface area contributed by atoms with Crippen LogP contribution in [0.1, 0.15) is 87.5 Å². The number of aliphatic hydroxyl groups excluding tert-OH is 1. The molecule has 69 heavy (non-hydrogen) atoms. The van der Waals surface area contributed by atoms with Crippen molar-refractivity contribution in [1.82, 2.24) is 53.2 Å². The molecule has 0 aromatic carbocycles. The van der Waals surface area contributed by atoms with Gasteiger partial charge in [0.25, 0.3) is 0 Å². The molecule has 0 heterocycles. The van der Waals surface area contributed by atoms with Crippen LogP contribution >= 0.6 is 11.8 Å². The van der Waals surface area contributed by atoms with E-state index < -0.39 is 164 Å². The van der Waals surface area contributed by atoms with Gasteiger partial charge in [-0.2, -0.15) is 11.8 Å². The zero-order chi connectivity index (χ0) is 53.1. The topological polar surface area (TPSA) is 418 Å². The lowest BCUT2D eigenvalue weighted by Crippen LogP contribution is -2.60. The number of carboxylic acid groups (broad SMARTS) is 1. The van der Waals surface area contributed by atoms with E-state index in [-0.39, 0.29) is 18.8 Å². The quantitative estimate of drug-likeness (QED) is 0.0293. The number of nitrogens with two attached hydrogens (primary N) is 2. The number of rotatable bonds is 33. The summed E-state index contributed by atoms with van der Waals surface area (Å²) >= 11 is 1.41. The van der Waals surface area contributed by atoms with Crippen molar-refractivity contribution in [3.8, 4) is 0 Å². The number of primary amides is 1. The molecule has 11 amide bonds. The van der Waals surface area contributed by atoms with Crippen molar-refractivity contribution in [1.29, 1.82) is 0 Å². The summed E-state index contributed by atoms with van der Waals surface area (Å²) < 4.78 is 0. The fraction of sp³-hybridized carbons (Fsp3) is 0.714. The Labute approximate surface area is 406 Å². The molecule has 16 N–H and O–H groups in total. The molecule has 0 aromatic heterocycles. The van der Waals surface area contributed by atoms with Gasteiger partial charge in [0.1, 0.15) is 48.3 Å². The predicted octanol–water partition coefficient (Wildman–Crippen LogP) is -5.06. The maximum Gasteiger partial charge on any atom is 0.326 e. The Hall–Kier alpha value is -6.09. The number of amides is 11. The second-order valence-electron chi connectivity index (χ2n) is 16.9. The predicted molar refractivity (Wildman–Crippen MR) is 252 cm³/mol. The molecule has 0 fully saturated rings. The highest BCUT2D eigenvalue weighted by molar-refractivity contribution is 7.98. The van der Waals surface area contributed by atoms with Gasteiger partial charge < -0.3 is 74.8 Å². The molecule has 26 nitrogen and oxygen atoms in total. The first-order valence-electron chi connectivity index (χ1n) is 22.5. The third-order valence-corrected chi connectivity index (χ3v) is 11.2.